The molecule has 0 bridgehead atoms. The van der Waals surface area contributed by atoms with Gasteiger partial charge >= 0.3 is 5.97 Å². The maximum absolute atomic E-state index is 11.0. The quantitative estimate of drug-likeness (QED) is 0.661. The van der Waals surface area contributed by atoms with E-state index in [2.05, 4.69) is 12.2 Å². The maximum atomic E-state index is 11.0. The Morgan fingerprint density at radius 2 is 1.94 bits per heavy atom. The van der Waals surface area contributed by atoms with Crippen molar-refractivity contribution in [2.75, 3.05) is 13.1 Å². The van der Waals surface area contributed by atoms with Crippen LogP contribution < -0.4 is 5.32 Å². The Balaban J connectivity index is 2.25. The third kappa shape index (κ3) is 5.32. The highest BCUT2D eigenvalue weighted by molar-refractivity contribution is 5.89. The molecule has 2 N–H and O–H groups in total. The molecule has 0 unspecified atom stereocenters. The van der Waals surface area contributed by atoms with Crippen LogP contribution in [0.25, 0.3) is 0 Å². The predicted octanol–water partition coefficient (Wildman–Crippen LogP) is 3.10. The van der Waals surface area contributed by atoms with Crippen LogP contribution in [-0.2, 0) is 6.42 Å². The van der Waals surface area contributed by atoms with Crippen molar-refractivity contribution in [3.05, 3.63) is 35.4 Å². The molecule has 100 valence electrons. The number of rotatable bonds is 9. The molecule has 0 fully saturated rings. The van der Waals surface area contributed by atoms with Crippen LogP contribution in [0.15, 0.2) is 24.3 Å². The molecular formula is C15H23NO2. The number of carbonyl (C=O) groups is 1. The zero-order valence-corrected chi connectivity index (χ0v) is 11.1. The highest BCUT2D eigenvalue weighted by atomic mass is 16.4. The van der Waals surface area contributed by atoms with E-state index >= 15 is 0 Å². The second-order valence-corrected chi connectivity index (χ2v) is 4.52. The summed E-state index contributed by atoms with van der Waals surface area (Å²) in [6.07, 6.45) is 5.80. The Morgan fingerprint density at radius 1 is 1.17 bits per heavy atom. The van der Waals surface area contributed by atoms with Gasteiger partial charge in [0.1, 0.15) is 0 Å². The van der Waals surface area contributed by atoms with Crippen LogP contribution in [0.4, 0.5) is 0 Å². The van der Waals surface area contributed by atoms with Gasteiger partial charge in [0.15, 0.2) is 0 Å². The Bertz CT molecular complexity index is 363. The number of hydrogen-bond acceptors (Lipinski definition) is 2. The third-order valence-electron chi connectivity index (χ3n) is 3.03. The van der Waals surface area contributed by atoms with Crippen LogP contribution in [0.3, 0.4) is 0 Å². The largest absolute Gasteiger partial charge is 0.478 e. The lowest BCUT2D eigenvalue weighted by Gasteiger charge is -2.07. The summed E-state index contributed by atoms with van der Waals surface area (Å²) in [6.45, 7) is 4.07. The molecule has 1 aromatic carbocycles. The zero-order valence-electron chi connectivity index (χ0n) is 11.1. The van der Waals surface area contributed by atoms with E-state index in [-0.39, 0.29) is 0 Å². The van der Waals surface area contributed by atoms with Crippen LogP contribution in [0.2, 0.25) is 0 Å². The summed E-state index contributed by atoms with van der Waals surface area (Å²) in [5, 5.41) is 12.4. The van der Waals surface area contributed by atoms with Crippen molar-refractivity contribution in [1.82, 2.24) is 5.32 Å². The monoisotopic (exact) mass is 249 g/mol. The summed E-state index contributed by atoms with van der Waals surface area (Å²) < 4.78 is 0. The first kappa shape index (κ1) is 14.7. The minimum atomic E-state index is -0.839. The highest BCUT2D eigenvalue weighted by Gasteiger charge is 2.07. The van der Waals surface area contributed by atoms with Crippen molar-refractivity contribution in [2.24, 2.45) is 0 Å². The molecule has 0 aromatic heterocycles. The molecule has 0 aliphatic carbocycles. The van der Waals surface area contributed by atoms with Gasteiger partial charge in [-0.2, -0.15) is 0 Å². The molecule has 0 aliphatic rings. The number of unbranched alkanes of at least 4 members (excludes halogenated alkanes) is 3. The highest BCUT2D eigenvalue weighted by Crippen LogP contribution is 2.09. The van der Waals surface area contributed by atoms with E-state index in [1.54, 1.807) is 12.1 Å². The standard InChI is InChI=1S/C15H23NO2/c1-2-3-4-7-11-16-12-10-13-8-5-6-9-14(13)15(17)18/h5-6,8-9,16H,2-4,7,10-12H2,1H3,(H,17,18). The molecule has 0 spiro atoms. The van der Waals surface area contributed by atoms with E-state index in [9.17, 15) is 4.79 Å². The molecule has 0 aliphatic heterocycles. The van der Waals surface area contributed by atoms with Crippen molar-refractivity contribution >= 4 is 5.97 Å². The van der Waals surface area contributed by atoms with Crippen LogP contribution in [0.5, 0.6) is 0 Å². The normalized spacial score (nSPS) is 10.5. The smallest absolute Gasteiger partial charge is 0.335 e. The number of aromatic carboxylic acids is 1. The Hall–Kier alpha value is -1.35. The second-order valence-electron chi connectivity index (χ2n) is 4.52. The molecule has 0 amide bonds. The predicted molar refractivity (Wildman–Crippen MR) is 74.1 cm³/mol. The lowest BCUT2D eigenvalue weighted by Crippen LogP contribution is -2.19. The number of nitrogens with one attached hydrogen (secondary N) is 1. The first-order chi connectivity index (χ1) is 8.75. The average molecular weight is 249 g/mol. The molecule has 0 saturated carbocycles. The number of benzene rings is 1. The average Bonchev–Trinajstić information content (AvgIpc) is 2.38. The summed E-state index contributed by atoms with van der Waals surface area (Å²) in [4.78, 5) is 11.0. The lowest BCUT2D eigenvalue weighted by molar-refractivity contribution is 0.0695. The summed E-state index contributed by atoms with van der Waals surface area (Å²) in [5.74, 6) is -0.839. The van der Waals surface area contributed by atoms with Gasteiger partial charge in [-0.15, -0.1) is 0 Å². The van der Waals surface area contributed by atoms with Gasteiger partial charge in [-0.25, -0.2) is 4.79 Å². The lowest BCUT2D eigenvalue weighted by atomic mass is 10.0. The van der Waals surface area contributed by atoms with Crippen molar-refractivity contribution in [3.8, 4) is 0 Å². The van der Waals surface area contributed by atoms with Gasteiger partial charge in [-0.3, -0.25) is 0 Å². The SMILES string of the molecule is CCCCCCNCCc1ccccc1C(=O)O. The fourth-order valence-electron chi connectivity index (χ4n) is 1.97. The zero-order chi connectivity index (χ0) is 13.2. The molecule has 18 heavy (non-hydrogen) atoms. The Kier molecular flexibility index (Phi) is 7.11. The minimum Gasteiger partial charge on any atom is -0.478 e. The molecular weight excluding hydrogens is 226 g/mol. The third-order valence-corrected chi connectivity index (χ3v) is 3.03. The first-order valence-corrected chi connectivity index (χ1v) is 6.77. The minimum absolute atomic E-state index is 0.422. The van der Waals surface area contributed by atoms with Gasteiger partial charge in [0.05, 0.1) is 5.56 Å². The summed E-state index contributed by atoms with van der Waals surface area (Å²) in [6, 6.07) is 7.22. The van der Waals surface area contributed by atoms with E-state index in [0.717, 1.165) is 25.1 Å². The van der Waals surface area contributed by atoms with Gasteiger partial charge in [0.25, 0.3) is 0 Å². The maximum Gasteiger partial charge on any atom is 0.335 e. The topological polar surface area (TPSA) is 49.3 Å². The van der Waals surface area contributed by atoms with Crippen LogP contribution in [0, 0.1) is 0 Å². The van der Waals surface area contributed by atoms with Crippen molar-refractivity contribution in [2.45, 2.75) is 39.0 Å². The molecule has 0 atom stereocenters. The fraction of sp³-hybridized carbons (Fsp3) is 0.533. The molecule has 3 nitrogen and oxygen atoms in total. The molecule has 1 aromatic rings. The van der Waals surface area contributed by atoms with Crippen LogP contribution >= 0.6 is 0 Å². The van der Waals surface area contributed by atoms with E-state index in [4.69, 9.17) is 5.11 Å². The van der Waals surface area contributed by atoms with Gasteiger partial charge in [0.2, 0.25) is 0 Å². The van der Waals surface area contributed by atoms with Gasteiger partial charge in [0, 0.05) is 0 Å². The van der Waals surface area contributed by atoms with E-state index in [1.165, 1.54) is 25.7 Å². The summed E-state index contributed by atoms with van der Waals surface area (Å²) in [5.41, 5.74) is 1.33. The Labute approximate surface area is 109 Å². The molecule has 0 heterocycles. The number of hydrogen-bond donors (Lipinski definition) is 2. The summed E-state index contributed by atoms with van der Waals surface area (Å²) >= 11 is 0. The second kappa shape index (κ2) is 8.70. The molecule has 3 heteroatoms. The summed E-state index contributed by atoms with van der Waals surface area (Å²) in [7, 11) is 0. The van der Waals surface area contributed by atoms with Crippen molar-refractivity contribution in [3.63, 3.8) is 0 Å². The van der Waals surface area contributed by atoms with Gasteiger partial charge in [-0.1, -0.05) is 44.4 Å². The first-order valence-electron chi connectivity index (χ1n) is 6.77. The number of carboxylic acid groups (broad SMARTS) is 1. The van der Waals surface area contributed by atoms with Crippen molar-refractivity contribution < 1.29 is 9.90 Å². The molecule has 1 rings (SSSR count). The van der Waals surface area contributed by atoms with Crippen LogP contribution in [-0.4, -0.2) is 24.2 Å². The van der Waals surface area contributed by atoms with E-state index in [1.807, 2.05) is 12.1 Å². The fourth-order valence-corrected chi connectivity index (χ4v) is 1.97. The van der Waals surface area contributed by atoms with Crippen molar-refractivity contribution in [1.29, 1.82) is 0 Å². The van der Waals surface area contributed by atoms with Gasteiger partial charge in [-0.05, 0) is 37.6 Å². The molecule has 0 radical (unpaired) electrons. The molecule has 0 saturated heterocycles. The number of carboxylic acids is 1. The van der Waals surface area contributed by atoms with Crippen LogP contribution in [0.1, 0.15) is 48.5 Å². The van der Waals surface area contributed by atoms with E-state index < -0.39 is 5.97 Å². The Morgan fingerprint density at radius 3 is 2.67 bits per heavy atom. The van der Waals surface area contributed by atoms with E-state index in [0.29, 0.717) is 5.56 Å². The van der Waals surface area contributed by atoms with Gasteiger partial charge < -0.3 is 10.4 Å².